The zero-order valence-electron chi connectivity index (χ0n) is 10.0. The number of nitrogens with zero attached hydrogens (tertiary/aromatic N) is 1. The minimum atomic E-state index is 0.550. The average molecular weight is 251 g/mol. The van der Waals surface area contributed by atoms with Crippen LogP contribution in [0.3, 0.4) is 0 Å². The van der Waals surface area contributed by atoms with Crippen molar-refractivity contribution >= 4 is 11.8 Å². The minimum Gasteiger partial charge on any atom is -0.491 e. The maximum absolute atomic E-state index is 8.31. The lowest BCUT2D eigenvalue weighted by Gasteiger charge is -2.10. The van der Waals surface area contributed by atoms with Gasteiger partial charge in [-0.3, -0.25) is 0 Å². The van der Waals surface area contributed by atoms with Crippen LogP contribution < -0.4 is 4.74 Å². The molecule has 0 aliphatic carbocycles. The fraction of sp³-hybridized carbons (Fsp3) is 0.462. The van der Waals surface area contributed by atoms with Crippen molar-refractivity contribution in [1.82, 2.24) is 0 Å². The van der Waals surface area contributed by atoms with Crippen molar-refractivity contribution in [2.24, 2.45) is 0 Å². The van der Waals surface area contributed by atoms with Gasteiger partial charge in [-0.1, -0.05) is 25.1 Å². The Morgan fingerprint density at radius 2 is 2.06 bits per heavy atom. The van der Waals surface area contributed by atoms with E-state index >= 15 is 0 Å². The molecule has 4 heteroatoms. The van der Waals surface area contributed by atoms with Gasteiger partial charge in [-0.25, -0.2) is 0 Å². The highest BCUT2D eigenvalue weighted by Gasteiger charge is 1.99. The van der Waals surface area contributed by atoms with Gasteiger partial charge < -0.3 is 9.47 Å². The summed E-state index contributed by atoms with van der Waals surface area (Å²) in [6.45, 7) is 3.81. The predicted molar refractivity (Wildman–Crippen MR) is 70.2 cm³/mol. The van der Waals surface area contributed by atoms with E-state index in [1.807, 2.05) is 23.6 Å². The third kappa shape index (κ3) is 5.62. The van der Waals surface area contributed by atoms with Crippen molar-refractivity contribution in [1.29, 1.82) is 5.26 Å². The molecule has 0 bridgehead atoms. The number of hydrogen-bond acceptors (Lipinski definition) is 4. The van der Waals surface area contributed by atoms with Gasteiger partial charge in [0.05, 0.1) is 13.2 Å². The molecule has 0 aromatic heterocycles. The fourth-order valence-electron chi connectivity index (χ4n) is 1.40. The van der Waals surface area contributed by atoms with Crippen LogP contribution >= 0.6 is 11.8 Å². The largest absolute Gasteiger partial charge is 0.491 e. The number of ether oxygens (including phenoxy) is 2. The highest BCUT2D eigenvalue weighted by Crippen LogP contribution is 2.17. The molecular weight excluding hydrogens is 234 g/mol. The maximum atomic E-state index is 8.31. The van der Waals surface area contributed by atoms with E-state index in [0.29, 0.717) is 25.6 Å². The molecule has 0 N–H and O–H groups in total. The van der Waals surface area contributed by atoms with E-state index < -0.39 is 0 Å². The normalized spacial score (nSPS) is 9.88. The van der Waals surface area contributed by atoms with E-state index in [4.69, 9.17) is 14.7 Å². The van der Waals surface area contributed by atoms with Crippen LogP contribution in [0.15, 0.2) is 24.3 Å². The number of aryl methyl sites for hydroxylation is 1. The lowest BCUT2D eigenvalue weighted by molar-refractivity contribution is 0.111. The monoisotopic (exact) mass is 251 g/mol. The number of thiocyanates is 1. The highest BCUT2D eigenvalue weighted by atomic mass is 32.2. The minimum absolute atomic E-state index is 0.550. The zero-order chi connectivity index (χ0) is 12.3. The average Bonchev–Trinajstić information content (AvgIpc) is 2.38. The highest BCUT2D eigenvalue weighted by molar-refractivity contribution is 8.03. The Morgan fingerprint density at radius 1 is 1.24 bits per heavy atom. The first-order valence-electron chi connectivity index (χ1n) is 5.67. The SMILES string of the molecule is CCc1ccccc1OCCOCCSC#N. The molecule has 0 saturated carbocycles. The molecule has 0 unspecified atom stereocenters. The second-order valence-corrected chi connectivity index (χ2v) is 4.24. The van der Waals surface area contributed by atoms with Gasteiger partial charge in [0.1, 0.15) is 17.8 Å². The molecule has 1 rings (SSSR count). The molecule has 1 aromatic carbocycles. The van der Waals surface area contributed by atoms with Crippen molar-refractivity contribution in [2.45, 2.75) is 13.3 Å². The van der Waals surface area contributed by atoms with Crippen LogP contribution in [0.4, 0.5) is 0 Å². The summed E-state index contributed by atoms with van der Waals surface area (Å²) < 4.78 is 11.0. The van der Waals surface area contributed by atoms with Crippen LogP contribution in [0.2, 0.25) is 0 Å². The van der Waals surface area contributed by atoms with E-state index in [1.165, 1.54) is 17.3 Å². The third-order valence-corrected chi connectivity index (χ3v) is 2.73. The van der Waals surface area contributed by atoms with Crippen LogP contribution in [0, 0.1) is 10.7 Å². The van der Waals surface area contributed by atoms with E-state index in [-0.39, 0.29) is 0 Å². The third-order valence-electron chi connectivity index (χ3n) is 2.23. The Bertz CT molecular complexity index is 363. The first kappa shape index (κ1) is 13.9. The van der Waals surface area contributed by atoms with Crippen molar-refractivity contribution in [3.8, 4) is 11.2 Å². The Hall–Kier alpha value is -1.18. The van der Waals surface area contributed by atoms with E-state index in [1.54, 1.807) is 0 Å². The summed E-state index contributed by atoms with van der Waals surface area (Å²) in [5.41, 5.74) is 1.22. The van der Waals surface area contributed by atoms with Gasteiger partial charge in [-0.2, -0.15) is 5.26 Å². The lowest BCUT2D eigenvalue weighted by Crippen LogP contribution is -2.09. The van der Waals surface area contributed by atoms with Crippen LogP contribution in [0.5, 0.6) is 5.75 Å². The summed E-state index contributed by atoms with van der Waals surface area (Å²) in [7, 11) is 0. The molecule has 0 heterocycles. The first-order chi connectivity index (χ1) is 8.38. The summed E-state index contributed by atoms with van der Waals surface area (Å²) in [5, 5.41) is 10.3. The second-order valence-electron chi connectivity index (χ2n) is 3.36. The molecule has 0 saturated heterocycles. The van der Waals surface area contributed by atoms with Crippen molar-refractivity contribution in [3.05, 3.63) is 29.8 Å². The van der Waals surface area contributed by atoms with Gasteiger partial charge in [-0.05, 0) is 29.8 Å². The summed E-state index contributed by atoms with van der Waals surface area (Å²) in [5.74, 6) is 1.65. The standard InChI is InChI=1S/C13H17NO2S/c1-2-12-5-3-4-6-13(12)16-8-7-15-9-10-17-11-14/h3-6H,2,7-10H2,1H3. The van der Waals surface area contributed by atoms with Crippen LogP contribution in [-0.4, -0.2) is 25.6 Å². The molecule has 0 radical (unpaired) electrons. The topological polar surface area (TPSA) is 42.2 Å². The zero-order valence-corrected chi connectivity index (χ0v) is 10.8. The molecule has 0 amide bonds. The van der Waals surface area contributed by atoms with Crippen LogP contribution in [-0.2, 0) is 11.2 Å². The fourth-order valence-corrected chi connectivity index (χ4v) is 1.69. The number of para-hydroxylation sites is 1. The van der Waals surface area contributed by atoms with Gasteiger partial charge in [-0.15, -0.1) is 0 Å². The molecule has 0 atom stereocenters. The van der Waals surface area contributed by atoms with Crippen LogP contribution in [0.25, 0.3) is 0 Å². The van der Waals surface area contributed by atoms with Gasteiger partial charge in [0, 0.05) is 5.75 Å². The van der Waals surface area contributed by atoms with E-state index in [0.717, 1.165) is 12.2 Å². The first-order valence-corrected chi connectivity index (χ1v) is 6.66. The molecule has 92 valence electrons. The molecule has 0 aliphatic heterocycles. The Kier molecular flexibility index (Phi) is 7.28. The lowest BCUT2D eigenvalue weighted by atomic mass is 10.1. The van der Waals surface area contributed by atoms with Gasteiger partial charge in [0.2, 0.25) is 0 Å². The smallest absolute Gasteiger partial charge is 0.133 e. The quantitative estimate of drug-likeness (QED) is 0.526. The van der Waals surface area contributed by atoms with E-state index in [2.05, 4.69) is 13.0 Å². The maximum Gasteiger partial charge on any atom is 0.133 e. The molecule has 0 spiro atoms. The predicted octanol–water partition coefficient (Wildman–Crippen LogP) is 2.86. The number of nitriles is 1. The van der Waals surface area contributed by atoms with Crippen molar-refractivity contribution < 1.29 is 9.47 Å². The molecule has 17 heavy (non-hydrogen) atoms. The van der Waals surface area contributed by atoms with E-state index in [9.17, 15) is 0 Å². The number of thioether (sulfide) groups is 1. The van der Waals surface area contributed by atoms with Gasteiger partial charge >= 0.3 is 0 Å². The number of hydrogen-bond donors (Lipinski definition) is 0. The molecule has 1 aromatic rings. The number of benzene rings is 1. The Morgan fingerprint density at radius 3 is 2.82 bits per heavy atom. The summed E-state index contributed by atoms with van der Waals surface area (Å²) in [6.07, 6.45) is 0.968. The van der Waals surface area contributed by atoms with Gasteiger partial charge in [0.25, 0.3) is 0 Å². The van der Waals surface area contributed by atoms with Crippen molar-refractivity contribution in [2.75, 3.05) is 25.6 Å². The summed E-state index contributed by atoms with van der Waals surface area (Å²) in [4.78, 5) is 0. The Balaban J connectivity index is 2.16. The number of rotatable bonds is 8. The summed E-state index contributed by atoms with van der Waals surface area (Å²) >= 11 is 1.21. The molecule has 0 fully saturated rings. The summed E-state index contributed by atoms with van der Waals surface area (Å²) in [6, 6.07) is 8.03. The Labute approximate surface area is 107 Å². The second kappa shape index (κ2) is 8.91. The van der Waals surface area contributed by atoms with Crippen LogP contribution in [0.1, 0.15) is 12.5 Å². The molecule has 3 nitrogen and oxygen atoms in total. The van der Waals surface area contributed by atoms with Crippen molar-refractivity contribution in [3.63, 3.8) is 0 Å². The van der Waals surface area contributed by atoms with Gasteiger partial charge in [0.15, 0.2) is 0 Å². The molecule has 0 aliphatic rings. The molecular formula is C13H17NO2S.